The summed E-state index contributed by atoms with van der Waals surface area (Å²) in [6, 6.07) is 11.8. The number of thiophene rings is 2. The molecule has 0 saturated heterocycles. The Kier molecular flexibility index (Phi) is 6.51. The highest BCUT2D eigenvalue weighted by Gasteiger charge is 2.26. The summed E-state index contributed by atoms with van der Waals surface area (Å²) in [5.74, 6) is -0.546. The summed E-state index contributed by atoms with van der Waals surface area (Å²) in [7, 11) is 0. The molecule has 180 valence electrons. The Morgan fingerprint density at radius 3 is 1.57 bits per heavy atom. The van der Waals surface area contributed by atoms with Crippen LogP contribution in [0.25, 0.3) is 31.3 Å². The Morgan fingerprint density at radius 2 is 1.17 bits per heavy atom. The van der Waals surface area contributed by atoms with Gasteiger partial charge in [-0.2, -0.15) is 0 Å². The summed E-state index contributed by atoms with van der Waals surface area (Å²) in [4.78, 5) is 27.1. The van der Waals surface area contributed by atoms with Crippen molar-refractivity contribution in [1.82, 2.24) is 0 Å². The minimum absolute atomic E-state index is 0.273. The van der Waals surface area contributed by atoms with Gasteiger partial charge in [-0.15, -0.1) is 22.7 Å². The maximum atomic E-state index is 12.3. The number of benzene rings is 2. The molecule has 0 saturated carbocycles. The van der Waals surface area contributed by atoms with Crippen molar-refractivity contribution in [3.63, 3.8) is 0 Å². The molecule has 35 heavy (non-hydrogen) atoms. The van der Waals surface area contributed by atoms with Gasteiger partial charge in [-0.25, -0.2) is 9.59 Å². The molecule has 0 fully saturated rings. The van der Waals surface area contributed by atoms with E-state index in [2.05, 4.69) is 26.0 Å². The molecule has 0 amide bonds. The molecule has 2 aromatic heterocycles. The van der Waals surface area contributed by atoms with E-state index in [0.29, 0.717) is 24.3 Å². The fourth-order valence-electron chi connectivity index (χ4n) is 5.17. The Balaban J connectivity index is 1.63. The van der Waals surface area contributed by atoms with Crippen LogP contribution in [0.1, 0.15) is 74.7 Å². The first kappa shape index (κ1) is 23.8. The number of rotatable bonds is 6. The van der Waals surface area contributed by atoms with E-state index in [4.69, 9.17) is 9.47 Å². The van der Waals surface area contributed by atoms with E-state index in [1.807, 2.05) is 38.1 Å². The third-order valence-electron chi connectivity index (χ3n) is 6.58. The van der Waals surface area contributed by atoms with Gasteiger partial charge in [-0.05, 0) is 93.5 Å². The number of ether oxygens (including phenoxy) is 2. The Morgan fingerprint density at radius 1 is 0.743 bits per heavy atom. The molecule has 6 heteroatoms. The highest BCUT2D eigenvalue weighted by molar-refractivity contribution is 7.19. The van der Waals surface area contributed by atoms with Crippen LogP contribution in [-0.2, 0) is 9.47 Å². The van der Waals surface area contributed by atoms with Crippen molar-refractivity contribution < 1.29 is 19.1 Å². The highest BCUT2D eigenvalue weighted by Crippen LogP contribution is 2.49. The number of aryl methyl sites for hydroxylation is 2. The van der Waals surface area contributed by atoms with Gasteiger partial charge in [0.15, 0.2) is 0 Å². The largest absolute Gasteiger partial charge is 0.462 e. The molecule has 0 atom stereocenters. The van der Waals surface area contributed by atoms with Gasteiger partial charge in [0.2, 0.25) is 0 Å². The van der Waals surface area contributed by atoms with Crippen LogP contribution in [-0.4, -0.2) is 25.2 Å². The molecule has 4 aromatic rings. The van der Waals surface area contributed by atoms with Crippen LogP contribution in [0.15, 0.2) is 36.4 Å². The molecular formula is C29H28O4S2. The lowest BCUT2D eigenvalue weighted by atomic mass is 9.93. The molecule has 1 aliphatic carbocycles. The van der Waals surface area contributed by atoms with Crippen molar-refractivity contribution in [2.45, 2.75) is 47.0 Å². The Labute approximate surface area is 213 Å². The fraction of sp³-hybridized carbons (Fsp3) is 0.310. The third kappa shape index (κ3) is 4.19. The van der Waals surface area contributed by atoms with E-state index >= 15 is 0 Å². The van der Waals surface area contributed by atoms with Gasteiger partial charge >= 0.3 is 11.9 Å². The lowest BCUT2D eigenvalue weighted by Crippen LogP contribution is -2.03. The van der Waals surface area contributed by atoms with Crippen LogP contribution in [0.3, 0.4) is 0 Å². The van der Waals surface area contributed by atoms with Gasteiger partial charge in [-0.3, -0.25) is 0 Å². The van der Waals surface area contributed by atoms with Crippen LogP contribution in [0.2, 0.25) is 0 Å². The second-order valence-electron chi connectivity index (χ2n) is 8.74. The molecule has 0 radical (unpaired) electrons. The first-order valence-corrected chi connectivity index (χ1v) is 13.7. The van der Waals surface area contributed by atoms with Crippen molar-refractivity contribution >= 4 is 65.9 Å². The van der Waals surface area contributed by atoms with Crippen LogP contribution in [0, 0.1) is 13.8 Å². The first-order chi connectivity index (χ1) is 16.9. The van der Waals surface area contributed by atoms with Gasteiger partial charge in [0, 0.05) is 29.9 Å². The number of fused-ring (bicyclic) bond motifs is 2. The molecule has 2 heterocycles. The van der Waals surface area contributed by atoms with Gasteiger partial charge < -0.3 is 9.47 Å². The zero-order chi connectivity index (χ0) is 24.7. The Bertz CT molecular complexity index is 1390. The van der Waals surface area contributed by atoms with E-state index in [1.54, 1.807) is 22.7 Å². The minimum Gasteiger partial charge on any atom is -0.462 e. The smallest absolute Gasteiger partial charge is 0.338 e. The average Bonchev–Trinajstić information content (AvgIpc) is 3.51. The molecule has 0 spiro atoms. The number of carbonyl (C=O) groups excluding carboxylic acids is 2. The average molecular weight is 505 g/mol. The molecule has 4 nitrogen and oxygen atoms in total. The maximum Gasteiger partial charge on any atom is 0.338 e. The number of hydrogen-bond acceptors (Lipinski definition) is 6. The van der Waals surface area contributed by atoms with E-state index < -0.39 is 0 Å². The van der Waals surface area contributed by atoms with Crippen LogP contribution >= 0.6 is 22.7 Å². The van der Waals surface area contributed by atoms with Crippen molar-refractivity contribution in [2.75, 3.05) is 13.2 Å². The van der Waals surface area contributed by atoms with Crippen LogP contribution in [0.4, 0.5) is 0 Å². The third-order valence-corrected chi connectivity index (χ3v) is 8.71. The number of hydrogen-bond donors (Lipinski definition) is 0. The van der Waals surface area contributed by atoms with Gasteiger partial charge in [0.05, 0.1) is 24.3 Å². The molecular weight excluding hydrogens is 476 g/mol. The van der Waals surface area contributed by atoms with Gasteiger partial charge in [0.1, 0.15) is 0 Å². The normalized spacial score (nSPS) is 13.7. The Hall–Kier alpha value is -2.96. The van der Waals surface area contributed by atoms with Crippen molar-refractivity contribution in [3.05, 3.63) is 68.4 Å². The minimum atomic E-state index is -0.273. The summed E-state index contributed by atoms with van der Waals surface area (Å²) in [5, 5.41) is 2.41. The number of carbonyl (C=O) groups is 2. The van der Waals surface area contributed by atoms with Crippen LogP contribution < -0.4 is 0 Å². The van der Waals surface area contributed by atoms with E-state index in [0.717, 1.165) is 28.7 Å². The maximum absolute atomic E-state index is 12.3. The SMILES string of the molecule is CCOC(=O)c1ccc2c(C3=C(c4c(C)sc5cc(C(=O)OCC)ccc45)CCC3)c(C)sc2c1. The summed E-state index contributed by atoms with van der Waals surface area (Å²) >= 11 is 3.48. The van der Waals surface area contributed by atoms with E-state index in [-0.39, 0.29) is 11.9 Å². The summed E-state index contributed by atoms with van der Waals surface area (Å²) in [6.45, 7) is 8.75. The second kappa shape index (κ2) is 9.59. The molecule has 0 unspecified atom stereocenters. The lowest BCUT2D eigenvalue weighted by molar-refractivity contribution is 0.0517. The number of allylic oxidation sites excluding steroid dienone is 2. The monoisotopic (exact) mass is 504 g/mol. The van der Waals surface area contributed by atoms with E-state index in [9.17, 15) is 9.59 Å². The molecule has 0 bridgehead atoms. The van der Waals surface area contributed by atoms with Crippen molar-refractivity contribution in [3.8, 4) is 0 Å². The van der Waals surface area contributed by atoms with Gasteiger partial charge in [0.25, 0.3) is 0 Å². The van der Waals surface area contributed by atoms with Crippen molar-refractivity contribution in [2.24, 2.45) is 0 Å². The molecule has 0 N–H and O–H groups in total. The molecule has 2 aromatic carbocycles. The highest BCUT2D eigenvalue weighted by atomic mass is 32.1. The van der Waals surface area contributed by atoms with E-state index in [1.165, 1.54) is 42.8 Å². The lowest BCUT2D eigenvalue weighted by Gasteiger charge is -2.10. The zero-order valence-corrected chi connectivity index (χ0v) is 22.1. The van der Waals surface area contributed by atoms with Crippen molar-refractivity contribution in [1.29, 1.82) is 0 Å². The van der Waals surface area contributed by atoms with Crippen LogP contribution in [0.5, 0.6) is 0 Å². The number of esters is 2. The molecule has 0 aliphatic heterocycles. The quantitative estimate of drug-likeness (QED) is 0.248. The second-order valence-corrected chi connectivity index (χ2v) is 11.3. The fourth-order valence-corrected chi connectivity index (χ4v) is 7.43. The standard InChI is InChI=1S/C29H28O4S2/c1-5-32-28(30)18-10-12-22-24(14-18)34-16(3)26(22)20-8-7-9-21(20)27-17(4)35-25-15-19(11-13-23(25)27)29(31)33-6-2/h10-15H,5-9H2,1-4H3. The summed E-state index contributed by atoms with van der Waals surface area (Å²) in [6.07, 6.45) is 3.21. The van der Waals surface area contributed by atoms with Gasteiger partial charge in [-0.1, -0.05) is 12.1 Å². The zero-order valence-electron chi connectivity index (χ0n) is 20.4. The first-order valence-electron chi connectivity index (χ1n) is 12.1. The summed E-state index contributed by atoms with van der Waals surface area (Å²) in [5.41, 5.74) is 6.66. The molecule has 5 rings (SSSR count). The predicted molar refractivity (Wildman–Crippen MR) is 146 cm³/mol. The summed E-state index contributed by atoms with van der Waals surface area (Å²) < 4.78 is 12.6. The predicted octanol–water partition coefficient (Wildman–Crippen LogP) is 8.18. The topological polar surface area (TPSA) is 52.6 Å². The molecule has 1 aliphatic rings.